The quantitative estimate of drug-likeness (QED) is 0.826. The Morgan fingerprint density at radius 1 is 1.23 bits per heavy atom. The number of anilines is 1. The Hall–Kier alpha value is -1.67. The second kappa shape index (κ2) is 5.51. The van der Waals surface area contributed by atoms with Gasteiger partial charge in [0.1, 0.15) is 5.52 Å². The highest BCUT2D eigenvalue weighted by Crippen LogP contribution is 2.32. The van der Waals surface area contributed by atoms with E-state index >= 15 is 0 Å². The molecule has 0 radical (unpaired) electrons. The molecule has 1 aromatic carbocycles. The molecule has 22 heavy (non-hydrogen) atoms. The van der Waals surface area contributed by atoms with Crippen molar-refractivity contribution in [3.63, 3.8) is 0 Å². The van der Waals surface area contributed by atoms with Gasteiger partial charge in [0.2, 0.25) is 5.91 Å². The van der Waals surface area contributed by atoms with Crippen molar-refractivity contribution < 1.29 is 13.2 Å². The molecule has 0 saturated carbocycles. The van der Waals surface area contributed by atoms with Gasteiger partial charge in [-0.3, -0.25) is 4.79 Å². The fraction of sp³-hybridized carbons (Fsp3) is 0.429. The lowest BCUT2D eigenvalue weighted by molar-refractivity contribution is -0.129. The lowest BCUT2D eigenvalue weighted by Gasteiger charge is -2.33. The first kappa shape index (κ1) is 15.2. The fourth-order valence-electron chi connectivity index (χ4n) is 2.56. The maximum Gasteiger partial charge on any atom is 0.219 e. The number of benzene rings is 1. The van der Waals surface area contributed by atoms with Crippen LogP contribution in [0, 0.1) is 0 Å². The Labute approximate surface area is 133 Å². The first-order valence-corrected chi connectivity index (χ1v) is 9.67. The molecule has 0 spiro atoms. The number of rotatable bonds is 2. The van der Waals surface area contributed by atoms with Gasteiger partial charge in [-0.05, 0) is 12.1 Å². The van der Waals surface area contributed by atoms with Gasteiger partial charge >= 0.3 is 0 Å². The highest BCUT2D eigenvalue weighted by molar-refractivity contribution is 7.91. The number of piperazine rings is 1. The minimum Gasteiger partial charge on any atom is -0.345 e. The van der Waals surface area contributed by atoms with Crippen molar-refractivity contribution in [3.8, 4) is 0 Å². The van der Waals surface area contributed by atoms with E-state index in [1.807, 2.05) is 11.0 Å². The Kier molecular flexibility index (Phi) is 3.82. The molecule has 2 heterocycles. The van der Waals surface area contributed by atoms with Gasteiger partial charge in [0.05, 0.1) is 9.60 Å². The molecule has 1 aliphatic rings. The summed E-state index contributed by atoms with van der Waals surface area (Å²) in [7, 11) is -3.29. The van der Waals surface area contributed by atoms with Gasteiger partial charge in [-0.25, -0.2) is 13.4 Å². The molecule has 118 valence electrons. The van der Waals surface area contributed by atoms with Crippen LogP contribution in [0.3, 0.4) is 0 Å². The molecule has 1 fully saturated rings. The van der Waals surface area contributed by atoms with Crippen molar-refractivity contribution in [1.82, 2.24) is 9.88 Å². The number of thiazole rings is 1. The molecular weight excluding hydrogens is 322 g/mol. The van der Waals surface area contributed by atoms with Crippen LogP contribution in [0.15, 0.2) is 23.1 Å². The van der Waals surface area contributed by atoms with E-state index in [-0.39, 0.29) is 10.8 Å². The van der Waals surface area contributed by atoms with Crippen LogP contribution in [-0.4, -0.2) is 56.6 Å². The van der Waals surface area contributed by atoms with Gasteiger partial charge in [0.15, 0.2) is 15.0 Å². The molecule has 1 aromatic heterocycles. The Balaban J connectivity index is 1.92. The Bertz CT molecular complexity index is 821. The van der Waals surface area contributed by atoms with Crippen LogP contribution in [0.5, 0.6) is 0 Å². The average molecular weight is 339 g/mol. The van der Waals surface area contributed by atoms with E-state index in [1.54, 1.807) is 19.1 Å². The monoisotopic (exact) mass is 339 g/mol. The molecule has 0 atom stereocenters. The summed E-state index contributed by atoms with van der Waals surface area (Å²) in [6.45, 7) is 4.35. The standard InChI is InChI=1S/C14H17N3O3S2/c1-10(18)16-6-8-17(9-7-16)14-15-13-11(21-14)4-3-5-12(13)22(2,19)20/h3-5H,6-9H2,1-2H3. The topological polar surface area (TPSA) is 70.6 Å². The molecule has 1 amide bonds. The molecule has 1 aliphatic heterocycles. The number of sulfone groups is 1. The summed E-state index contributed by atoms with van der Waals surface area (Å²) in [5.74, 6) is 0.0864. The van der Waals surface area contributed by atoms with Crippen LogP contribution in [0.1, 0.15) is 6.92 Å². The average Bonchev–Trinajstić information content (AvgIpc) is 2.90. The van der Waals surface area contributed by atoms with Crippen LogP contribution in [0.25, 0.3) is 10.2 Å². The maximum atomic E-state index is 11.9. The van der Waals surface area contributed by atoms with Gasteiger partial charge in [0.25, 0.3) is 0 Å². The largest absolute Gasteiger partial charge is 0.345 e. The van der Waals surface area contributed by atoms with Crippen molar-refractivity contribution >= 4 is 42.4 Å². The zero-order valence-corrected chi connectivity index (χ0v) is 14.1. The van der Waals surface area contributed by atoms with Crippen LogP contribution in [0.4, 0.5) is 5.13 Å². The SMILES string of the molecule is CC(=O)N1CCN(c2nc3c(S(C)(=O)=O)cccc3s2)CC1. The van der Waals surface area contributed by atoms with Crippen molar-refractivity contribution in [2.45, 2.75) is 11.8 Å². The van der Waals surface area contributed by atoms with E-state index in [2.05, 4.69) is 9.88 Å². The summed E-state index contributed by atoms with van der Waals surface area (Å²) < 4.78 is 24.6. The summed E-state index contributed by atoms with van der Waals surface area (Å²) in [5, 5.41) is 0.814. The predicted octanol–water partition coefficient (Wildman–Crippen LogP) is 1.37. The van der Waals surface area contributed by atoms with Gasteiger partial charge in [-0.1, -0.05) is 17.4 Å². The molecule has 8 heteroatoms. The number of carbonyl (C=O) groups is 1. The summed E-state index contributed by atoms with van der Waals surface area (Å²) in [4.78, 5) is 20.1. The van der Waals surface area contributed by atoms with Gasteiger partial charge in [0, 0.05) is 39.4 Å². The van der Waals surface area contributed by atoms with Crippen LogP contribution >= 0.6 is 11.3 Å². The van der Waals surface area contributed by atoms with E-state index in [1.165, 1.54) is 17.6 Å². The molecule has 0 N–H and O–H groups in total. The van der Waals surface area contributed by atoms with Crippen molar-refractivity contribution in [2.75, 3.05) is 37.3 Å². The molecule has 0 aliphatic carbocycles. The van der Waals surface area contributed by atoms with Crippen molar-refractivity contribution in [3.05, 3.63) is 18.2 Å². The van der Waals surface area contributed by atoms with Crippen molar-refractivity contribution in [1.29, 1.82) is 0 Å². The van der Waals surface area contributed by atoms with E-state index in [0.717, 1.165) is 9.83 Å². The molecule has 2 aromatic rings. The minimum atomic E-state index is -3.29. The number of nitrogens with zero attached hydrogens (tertiary/aromatic N) is 3. The lowest BCUT2D eigenvalue weighted by Crippen LogP contribution is -2.48. The smallest absolute Gasteiger partial charge is 0.219 e. The summed E-state index contributed by atoms with van der Waals surface area (Å²) in [6.07, 6.45) is 1.20. The fourth-order valence-corrected chi connectivity index (χ4v) is 4.50. The summed E-state index contributed by atoms with van der Waals surface area (Å²) >= 11 is 1.49. The minimum absolute atomic E-state index is 0.0864. The number of aromatic nitrogens is 1. The van der Waals surface area contributed by atoms with E-state index in [4.69, 9.17) is 0 Å². The highest BCUT2D eigenvalue weighted by atomic mass is 32.2. The third-order valence-electron chi connectivity index (χ3n) is 3.77. The van der Waals surface area contributed by atoms with E-state index in [9.17, 15) is 13.2 Å². The molecule has 0 bridgehead atoms. The van der Waals surface area contributed by atoms with Crippen LogP contribution in [-0.2, 0) is 14.6 Å². The predicted molar refractivity (Wildman–Crippen MR) is 87.2 cm³/mol. The zero-order valence-electron chi connectivity index (χ0n) is 12.4. The highest BCUT2D eigenvalue weighted by Gasteiger charge is 2.22. The Morgan fingerprint density at radius 2 is 1.91 bits per heavy atom. The normalized spacial score (nSPS) is 16.3. The molecular formula is C14H17N3O3S2. The molecule has 1 saturated heterocycles. The summed E-state index contributed by atoms with van der Waals surface area (Å²) in [6, 6.07) is 5.22. The number of hydrogen-bond acceptors (Lipinski definition) is 6. The van der Waals surface area contributed by atoms with Gasteiger partial charge in [-0.15, -0.1) is 0 Å². The third-order valence-corrected chi connectivity index (χ3v) is 5.98. The first-order chi connectivity index (χ1) is 10.4. The lowest BCUT2D eigenvalue weighted by atomic mass is 10.3. The Morgan fingerprint density at radius 3 is 2.50 bits per heavy atom. The second-order valence-electron chi connectivity index (χ2n) is 5.36. The van der Waals surface area contributed by atoms with Gasteiger partial charge < -0.3 is 9.80 Å². The number of para-hydroxylation sites is 1. The first-order valence-electron chi connectivity index (χ1n) is 6.96. The summed E-state index contributed by atoms with van der Waals surface area (Å²) in [5.41, 5.74) is 0.541. The zero-order chi connectivity index (χ0) is 15.9. The van der Waals surface area contributed by atoms with Crippen molar-refractivity contribution in [2.24, 2.45) is 0 Å². The molecule has 0 unspecified atom stereocenters. The molecule has 6 nitrogen and oxygen atoms in total. The van der Waals surface area contributed by atoms with E-state index in [0.29, 0.717) is 31.7 Å². The number of amides is 1. The molecule has 3 rings (SSSR count). The number of carbonyl (C=O) groups excluding carboxylic acids is 1. The maximum absolute atomic E-state index is 11.9. The second-order valence-corrected chi connectivity index (χ2v) is 8.36. The van der Waals surface area contributed by atoms with Gasteiger partial charge in [-0.2, -0.15) is 0 Å². The van der Waals surface area contributed by atoms with E-state index < -0.39 is 9.84 Å². The number of fused-ring (bicyclic) bond motifs is 1. The van der Waals surface area contributed by atoms with Crippen LogP contribution < -0.4 is 4.90 Å². The third kappa shape index (κ3) is 2.80. The number of hydrogen-bond donors (Lipinski definition) is 0. The van der Waals surface area contributed by atoms with Crippen LogP contribution in [0.2, 0.25) is 0 Å².